The molecule has 0 N–H and O–H groups in total. The van der Waals surface area contributed by atoms with Crippen molar-refractivity contribution in [1.82, 2.24) is 0 Å². The molecule has 0 spiro atoms. The molecule has 0 bridgehead atoms. The highest BCUT2D eigenvalue weighted by molar-refractivity contribution is 7.92. The van der Waals surface area contributed by atoms with Gasteiger partial charge in [0.05, 0.1) is 16.2 Å². The summed E-state index contributed by atoms with van der Waals surface area (Å²) in [6.07, 6.45) is 0.366. The Kier molecular flexibility index (Phi) is 2.88. The summed E-state index contributed by atoms with van der Waals surface area (Å²) < 4.78 is 25.2. The molecule has 0 heterocycles. The van der Waals surface area contributed by atoms with Gasteiger partial charge in [0, 0.05) is 0 Å². The van der Waals surface area contributed by atoms with E-state index in [4.69, 9.17) is 0 Å². The van der Waals surface area contributed by atoms with Gasteiger partial charge in [-0.3, -0.25) is 0 Å². The van der Waals surface area contributed by atoms with Gasteiger partial charge in [0.2, 0.25) is 0 Å². The Morgan fingerprint density at radius 3 is 2.10 bits per heavy atom. The Balaban J connectivity index is 2.01. The van der Waals surface area contributed by atoms with Gasteiger partial charge < -0.3 is 0 Å². The fourth-order valence-electron chi connectivity index (χ4n) is 2.60. The second-order valence-corrected chi connectivity index (χ2v) is 7.13. The van der Waals surface area contributed by atoms with Gasteiger partial charge >= 0.3 is 0 Å². The molecule has 100 valence electrons. The second-order valence-electron chi connectivity index (χ2n) is 5.00. The minimum atomic E-state index is -3.46. The van der Waals surface area contributed by atoms with Crippen LogP contribution in [0, 0.1) is 11.3 Å². The molecule has 1 aliphatic rings. The van der Waals surface area contributed by atoms with E-state index in [0.29, 0.717) is 6.42 Å². The molecule has 3 rings (SSSR count). The lowest BCUT2D eigenvalue weighted by atomic mass is 9.98. The summed E-state index contributed by atoms with van der Waals surface area (Å²) in [6, 6.07) is 19.7. The van der Waals surface area contributed by atoms with Gasteiger partial charge in [-0.15, -0.1) is 0 Å². The fraction of sp³-hybridized carbons (Fsp3) is 0.188. The zero-order chi connectivity index (χ0) is 14.2. The van der Waals surface area contributed by atoms with E-state index < -0.39 is 20.5 Å². The first kappa shape index (κ1) is 12.9. The molecule has 0 unspecified atom stereocenters. The molecular weight excluding hydrogens is 270 g/mol. The zero-order valence-electron chi connectivity index (χ0n) is 10.7. The number of benzene rings is 2. The topological polar surface area (TPSA) is 57.9 Å². The van der Waals surface area contributed by atoms with Crippen molar-refractivity contribution in [2.75, 3.05) is 0 Å². The molecule has 0 radical (unpaired) electrons. The maximum atomic E-state index is 12.6. The van der Waals surface area contributed by atoms with Crippen LogP contribution in [0.1, 0.15) is 12.0 Å². The average molecular weight is 283 g/mol. The van der Waals surface area contributed by atoms with E-state index in [1.165, 1.54) is 0 Å². The second kappa shape index (κ2) is 4.46. The van der Waals surface area contributed by atoms with E-state index in [0.717, 1.165) is 5.56 Å². The Morgan fingerprint density at radius 2 is 1.55 bits per heavy atom. The van der Waals surface area contributed by atoms with Gasteiger partial charge in [-0.25, -0.2) is 8.42 Å². The number of hydrogen-bond donors (Lipinski definition) is 0. The van der Waals surface area contributed by atoms with E-state index in [9.17, 15) is 13.7 Å². The highest BCUT2D eigenvalue weighted by Gasteiger charge is 2.63. The SMILES string of the molecule is N#C[C@]1(c2ccccc2)C[C@H]1S(=O)(=O)c1ccccc1. The summed E-state index contributed by atoms with van der Waals surface area (Å²) in [6.45, 7) is 0. The summed E-state index contributed by atoms with van der Waals surface area (Å²) in [5.41, 5.74) is -0.109. The predicted octanol–water partition coefficient (Wildman–Crippen LogP) is 2.69. The molecule has 0 saturated heterocycles. The van der Waals surface area contributed by atoms with Gasteiger partial charge in [0.25, 0.3) is 0 Å². The molecule has 1 saturated carbocycles. The third kappa shape index (κ3) is 1.83. The minimum Gasteiger partial charge on any atom is -0.223 e. The molecule has 1 aliphatic carbocycles. The summed E-state index contributed by atoms with van der Waals surface area (Å²) in [7, 11) is -3.46. The van der Waals surface area contributed by atoms with Crippen molar-refractivity contribution in [2.24, 2.45) is 0 Å². The van der Waals surface area contributed by atoms with E-state index in [-0.39, 0.29) is 4.90 Å². The molecule has 0 amide bonds. The van der Waals surface area contributed by atoms with Crippen LogP contribution in [0.2, 0.25) is 0 Å². The van der Waals surface area contributed by atoms with Crippen LogP contribution in [0.5, 0.6) is 0 Å². The van der Waals surface area contributed by atoms with Crippen LogP contribution in [0.4, 0.5) is 0 Å². The van der Waals surface area contributed by atoms with Gasteiger partial charge in [-0.2, -0.15) is 5.26 Å². The molecule has 2 aromatic rings. The van der Waals surface area contributed by atoms with E-state index >= 15 is 0 Å². The third-order valence-corrected chi connectivity index (χ3v) is 6.08. The third-order valence-electron chi connectivity index (χ3n) is 3.83. The first-order valence-electron chi connectivity index (χ1n) is 6.37. The summed E-state index contributed by atoms with van der Waals surface area (Å²) in [5.74, 6) is 0. The first-order chi connectivity index (χ1) is 9.61. The Bertz CT molecular complexity index is 763. The lowest BCUT2D eigenvalue weighted by molar-refractivity contribution is 0.592. The van der Waals surface area contributed by atoms with Crippen molar-refractivity contribution in [3.05, 3.63) is 66.2 Å². The van der Waals surface area contributed by atoms with E-state index in [1.807, 2.05) is 30.3 Å². The normalized spacial score (nSPS) is 24.9. The average Bonchev–Trinajstić information content (AvgIpc) is 3.26. The van der Waals surface area contributed by atoms with Crippen LogP contribution in [-0.4, -0.2) is 13.7 Å². The Hall–Kier alpha value is -2.12. The Labute approximate surface area is 118 Å². The van der Waals surface area contributed by atoms with Gasteiger partial charge in [-0.05, 0) is 24.1 Å². The quantitative estimate of drug-likeness (QED) is 0.870. The summed E-state index contributed by atoms with van der Waals surface area (Å²) in [5, 5.41) is 8.83. The van der Waals surface area contributed by atoms with Crippen molar-refractivity contribution in [3.63, 3.8) is 0 Å². The predicted molar refractivity (Wildman–Crippen MR) is 75.8 cm³/mol. The zero-order valence-corrected chi connectivity index (χ0v) is 11.5. The van der Waals surface area contributed by atoms with E-state index in [2.05, 4.69) is 6.07 Å². The lowest BCUT2D eigenvalue weighted by Crippen LogP contribution is -2.18. The van der Waals surface area contributed by atoms with Gasteiger partial charge in [0.1, 0.15) is 5.41 Å². The van der Waals surface area contributed by atoms with Crippen LogP contribution >= 0.6 is 0 Å². The highest BCUT2D eigenvalue weighted by Crippen LogP contribution is 2.53. The highest BCUT2D eigenvalue weighted by atomic mass is 32.2. The van der Waals surface area contributed by atoms with Crippen LogP contribution in [0.3, 0.4) is 0 Å². The summed E-state index contributed by atoms with van der Waals surface area (Å²) >= 11 is 0. The van der Waals surface area contributed by atoms with Gasteiger partial charge in [-0.1, -0.05) is 48.5 Å². The molecular formula is C16H13NO2S. The maximum Gasteiger partial charge on any atom is 0.183 e. The van der Waals surface area contributed by atoms with Crippen LogP contribution in [0.15, 0.2) is 65.6 Å². The monoisotopic (exact) mass is 283 g/mol. The van der Waals surface area contributed by atoms with Gasteiger partial charge in [0.15, 0.2) is 9.84 Å². The van der Waals surface area contributed by atoms with Crippen molar-refractivity contribution in [1.29, 1.82) is 5.26 Å². The van der Waals surface area contributed by atoms with Crippen molar-refractivity contribution in [3.8, 4) is 6.07 Å². The first-order valence-corrected chi connectivity index (χ1v) is 7.91. The summed E-state index contributed by atoms with van der Waals surface area (Å²) in [4.78, 5) is 0.290. The van der Waals surface area contributed by atoms with E-state index in [1.54, 1.807) is 30.3 Å². The van der Waals surface area contributed by atoms with Crippen LogP contribution in [0.25, 0.3) is 0 Å². The molecule has 2 atom stereocenters. The number of rotatable bonds is 3. The molecule has 0 aliphatic heterocycles. The Morgan fingerprint density at radius 1 is 1.00 bits per heavy atom. The van der Waals surface area contributed by atoms with Crippen molar-refractivity contribution < 1.29 is 8.42 Å². The molecule has 0 aromatic heterocycles. The van der Waals surface area contributed by atoms with Crippen molar-refractivity contribution >= 4 is 9.84 Å². The maximum absolute atomic E-state index is 12.6. The fourth-order valence-corrected chi connectivity index (χ4v) is 4.67. The molecule has 1 fully saturated rings. The molecule has 3 nitrogen and oxygen atoms in total. The molecule has 2 aromatic carbocycles. The van der Waals surface area contributed by atoms with Crippen LogP contribution in [-0.2, 0) is 15.3 Å². The molecule has 20 heavy (non-hydrogen) atoms. The van der Waals surface area contributed by atoms with Crippen LogP contribution < -0.4 is 0 Å². The number of nitrogens with zero attached hydrogens (tertiary/aromatic N) is 1. The minimum absolute atomic E-state index is 0.290. The smallest absolute Gasteiger partial charge is 0.183 e. The number of nitriles is 1. The van der Waals surface area contributed by atoms with Crippen molar-refractivity contribution in [2.45, 2.75) is 22.0 Å². The largest absolute Gasteiger partial charge is 0.223 e. The molecule has 4 heteroatoms. The number of sulfone groups is 1. The lowest BCUT2D eigenvalue weighted by Gasteiger charge is -2.09. The standard InChI is InChI=1S/C16H13NO2S/c17-12-16(13-7-3-1-4-8-13)11-15(16)20(18,19)14-9-5-2-6-10-14/h1-10,15H,11H2/t15-,16+/m1/s1. The number of hydrogen-bond acceptors (Lipinski definition) is 3.